The van der Waals surface area contributed by atoms with Crippen molar-refractivity contribution in [1.29, 1.82) is 0 Å². The lowest BCUT2D eigenvalue weighted by Crippen LogP contribution is -2.02. The number of phenolic OH excluding ortho intramolecular Hbond substituents is 1. The highest BCUT2D eigenvalue weighted by Gasteiger charge is 2.05. The third-order valence-corrected chi connectivity index (χ3v) is 5.25. The maximum atomic E-state index is 9.83. The number of nitrogens with two attached hydrogens (primary N) is 1. The van der Waals surface area contributed by atoms with Crippen LogP contribution in [0.5, 0.6) is 5.75 Å². The molecular formula is C23H41NO. The van der Waals surface area contributed by atoms with E-state index in [0.29, 0.717) is 12.3 Å². The average molecular weight is 348 g/mol. The highest BCUT2D eigenvalue weighted by molar-refractivity contribution is 5.39. The molecule has 0 aromatic heterocycles. The van der Waals surface area contributed by atoms with E-state index in [9.17, 15) is 5.11 Å². The highest BCUT2D eigenvalue weighted by atomic mass is 16.3. The van der Waals surface area contributed by atoms with Gasteiger partial charge in [-0.25, -0.2) is 0 Å². The molecule has 1 aromatic carbocycles. The predicted octanol–water partition coefficient (Wildman–Crippen LogP) is 6.87. The number of benzene rings is 1. The number of aryl methyl sites for hydroxylation is 1. The molecule has 0 spiro atoms. The van der Waals surface area contributed by atoms with E-state index in [0.717, 1.165) is 12.0 Å². The van der Waals surface area contributed by atoms with Crippen molar-refractivity contribution in [2.45, 2.75) is 110 Å². The normalized spacial score (nSPS) is 11.1. The molecule has 3 N–H and O–H groups in total. The van der Waals surface area contributed by atoms with Gasteiger partial charge in [0.2, 0.25) is 0 Å². The fourth-order valence-corrected chi connectivity index (χ4v) is 3.60. The largest absolute Gasteiger partial charge is 0.508 e. The molecule has 2 nitrogen and oxygen atoms in total. The molecule has 0 aliphatic carbocycles. The molecule has 0 aliphatic rings. The van der Waals surface area contributed by atoms with Crippen molar-refractivity contribution >= 4 is 0 Å². The maximum absolute atomic E-state index is 9.83. The zero-order chi connectivity index (χ0) is 18.2. The van der Waals surface area contributed by atoms with Crippen LogP contribution in [-0.2, 0) is 13.0 Å². The Hall–Kier alpha value is -1.02. The number of rotatable bonds is 16. The van der Waals surface area contributed by atoms with E-state index in [1.54, 1.807) is 6.07 Å². The SMILES string of the molecule is CCCCCCCCCCCCCCCCc1cccc(O)c1CN. The van der Waals surface area contributed by atoms with E-state index in [4.69, 9.17) is 5.73 Å². The predicted molar refractivity (Wildman–Crippen MR) is 110 cm³/mol. The second-order valence-corrected chi connectivity index (χ2v) is 7.47. The molecule has 0 aliphatic heterocycles. The second kappa shape index (κ2) is 15.3. The quantitative estimate of drug-likeness (QED) is 0.320. The lowest BCUT2D eigenvalue weighted by atomic mass is 9.99. The molecule has 0 saturated heterocycles. The molecule has 0 atom stereocenters. The third-order valence-electron chi connectivity index (χ3n) is 5.25. The molecule has 0 radical (unpaired) electrons. The summed E-state index contributed by atoms with van der Waals surface area (Å²) in [6.07, 6.45) is 20.5. The van der Waals surface area contributed by atoms with Crippen LogP contribution in [0.15, 0.2) is 18.2 Å². The zero-order valence-electron chi connectivity index (χ0n) is 16.6. The van der Waals surface area contributed by atoms with Gasteiger partial charge in [0, 0.05) is 12.1 Å². The van der Waals surface area contributed by atoms with Crippen LogP contribution in [0.4, 0.5) is 0 Å². The number of aromatic hydroxyl groups is 1. The van der Waals surface area contributed by atoms with Crippen LogP contribution in [-0.4, -0.2) is 5.11 Å². The van der Waals surface area contributed by atoms with Gasteiger partial charge >= 0.3 is 0 Å². The summed E-state index contributed by atoms with van der Waals surface area (Å²) in [6, 6.07) is 5.76. The minimum atomic E-state index is 0.352. The van der Waals surface area contributed by atoms with Crippen molar-refractivity contribution in [2.24, 2.45) is 5.73 Å². The molecule has 1 aromatic rings. The molecule has 2 heteroatoms. The Morgan fingerprint density at radius 1 is 0.720 bits per heavy atom. The van der Waals surface area contributed by atoms with E-state index in [-0.39, 0.29) is 0 Å². The van der Waals surface area contributed by atoms with E-state index in [1.165, 1.54) is 95.5 Å². The molecule has 0 heterocycles. The summed E-state index contributed by atoms with van der Waals surface area (Å²) in [6.45, 7) is 2.71. The van der Waals surface area contributed by atoms with Crippen LogP contribution >= 0.6 is 0 Å². The Kier molecular flexibility index (Phi) is 13.4. The smallest absolute Gasteiger partial charge is 0.120 e. The second-order valence-electron chi connectivity index (χ2n) is 7.47. The number of hydrogen-bond donors (Lipinski definition) is 2. The number of hydrogen-bond acceptors (Lipinski definition) is 2. The molecule has 0 unspecified atom stereocenters. The van der Waals surface area contributed by atoms with Gasteiger partial charge < -0.3 is 10.8 Å². The van der Waals surface area contributed by atoms with E-state index in [1.807, 2.05) is 6.07 Å². The lowest BCUT2D eigenvalue weighted by molar-refractivity contribution is 0.466. The molecular weight excluding hydrogens is 306 g/mol. The van der Waals surface area contributed by atoms with Crippen molar-refractivity contribution in [1.82, 2.24) is 0 Å². The Bertz CT molecular complexity index is 430. The van der Waals surface area contributed by atoms with Crippen molar-refractivity contribution in [3.63, 3.8) is 0 Å². The first-order valence-electron chi connectivity index (χ1n) is 10.8. The van der Waals surface area contributed by atoms with E-state index < -0.39 is 0 Å². The fourth-order valence-electron chi connectivity index (χ4n) is 3.60. The van der Waals surface area contributed by atoms with Gasteiger partial charge in [-0.3, -0.25) is 0 Å². The van der Waals surface area contributed by atoms with Crippen LogP contribution in [0.1, 0.15) is 108 Å². The maximum Gasteiger partial charge on any atom is 0.120 e. The van der Waals surface area contributed by atoms with Crippen molar-refractivity contribution in [2.75, 3.05) is 0 Å². The highest BCUT2D eigenvalue weighted by Crippen LogP contribution is 2.22. The molecule has 144 valence electrons. The first-order chi connectivity index (χ1) is 12.3. The summed E-state index contributed by atoms with van der Waals surface area (Å²) in [4.78, 5) is 0. The Labute approximate surface area is 156 Å². The molecule has 0 saturated carbocycles. The van der Waals surface area contributed by atoms with Crippen molar-refractivity contribution in [3.8, 4) is 5.75 Å². The van der Waals surface area contributed by atoms with Crippen LogP contribution in [0, 0.1) is 0 Å². The topological polar surface area (TPSA) is 46.2 Å². The summed E-state index contributed by atoms with van der Waals surface area (Å²) < 4.78 is 0. The van der Waals surface area contributed by atoms with Crippen LogP contribution in [0.2, 0.25) is 0 Å². The summed E-state index contributed by atoms with van der Waals surface area (Å²) >= 11 is 0. The van der Waals surface area contributed by atoms with E-state index in [2.05, 4.69) is 13.0 Å². The molecule has 1 rings (SSSR count). The van der Waals surface area contributed by atoms with E-state index >= 15 is 0 Å². The molecule has 25 heavy (non-hydrogen) atoms. The van der Waals surface area contributed by atoms with Gasteiger partial charge in [0.05, 0.1) is 0 Å². The van der Waals surface area contributed by atoms with Crippen molar-refractivity contribution in [3.05, 3.63) is 29.3 Å². The Morgan fingerprint density at radius 2 is 1.20 bits per heavy atom. The van der Waals surface area contributed by atoms with Gasteiger partial charge in [-0.15, -0.1) is 0 Å². The van der Waals surface area contributed by atoms with Gasteiger partial charge in [-0.1, -0.05) is 103 Å². The minimum absolute atomic E-state index is 0.352. The monoisotopic (exact) mass is 347 g/mol. The standard InChI is InChI=1S/C23H41NO/c1-2-3-4-5-6-7-8-9-10-11-12-13-14-15-17-21-18-16-19-23(25)22(21)20-24/h16,18-19,25H,2-15,17,20,24H2,1H3. The van der Waals surface area contributed by atoms with Gasteiger partial charge in [0.1, 0.15) is 5.75 Å². The number of unbranched alkanes of at least 4 members (excludes halogenated alkanes) is 13. The minimum Gasteiger partial charge on any atom is -0.508 e. The zero-order valence-corrected chi connectivity index (χ0v) is 16.6. The van der Waals surface area contributed by atoms with Gasteiger partial charge in [-0.2, -0.15) is 0 Å². The van der Waals surface area contributed by atoms with Crippen LogP contribution < -0.4 is 5.73 Å². The Balaban J connectivity index is 1.90. The van der Waals surface area contributed by atoms with Gasteiger partial charge in [0.15, 0.2) is 0 Å². The lowest BCUT2D eigenvalue weighted by Gasteiger charge is -2.09. The molecule has 0 fully saturated rings. The average Bonchev–Trinajstić information content (AvgIpc) is 2.62. The van der Waals surface area contributed by atoms with Gasteiger partial charge in [0.25, 0.3) is 0 Å². The fraction of sp³-hybridized carbons (Fsp3) is 0.739. The summed E-state index contributed by atoms with van der Waals surface area (Å²) in [5.41, 5.74) is 7.89. The molecule has 0 bridgehead atoms. The van der Waals surface area contributed by atoms with Crippen molar-refractivity contribution < 1.29 is 5.11 Å². The third kappa shape index (κ3) is 10.5. The summed E-state index contributed by atoms with van der Waals surface area (Å²) in [7, 11) is 0. The Morgan fingerprint density at radius 3 is 1.68 bits per heavy atom. The molecule has 0 amide bonds. The van der Waals surface area contributed by atoms with Gasteiger partial charge in [-0.05, 0) is 24.5 Å². The first-order valence-corrected chi connectivity index (χ1v) is 10.8. The summed E-state index contributed by atoms with van der Waals surface area (Å²) in [5, 5.41) is 9.83. The van der Waals surface area contributed by atoms with Crippen LogP contribution in [0.3, 0.4) is 0 Å². The first kappa shape index (κ1) is 22.0. The van der Waals surface area contributed by atoms with Crippen LogP contribution in [0.25, 0.3) is 0 Å². The number of phenols is 1. The summed E-state index contributed by atoms with van der Waals surface area (Å²) in [5.74, 6) is 0.352.